The zero-order chi connectivity index (χ0) is 27.6. The zero-order valence-electron chi connectivity index (χ0n) is 21.4. The van der Waals surface area contributed by atoms with Crippen molar-refractivity contribution < 1.29 is 32.9 Å². The average Bonchev–Trinajstić information content (AvgIpc) is 3.19. The summed E-state index contributed by atoms with van der Waals surface area (Å²) in [7, 11) is -4.09. The van der Waals surface area contributed by atoms with E-state index in [1.165, 1.54) is 24.3 Å². The minimum Gasteiger partial charge on any atom is -0.492 e. The highest BCUT2D eigenvalue weighted by Crippen LogP contribution is 2.41. The molecule has 5 rings (SSSR count). The molecule has 4 N–H and O–H groups in total. The number of hydrogen-bond donors (Lipinski definition) is 4. The molecule has 2 aliphatic rings. The van der Waals surface area contributed by atoms with E-state index in [2.05, 4.69) is 4.72 Å². The normalized spacial score (nSPS) is 27.7. The van der Waals surface area contributed by atoms with E-state index in [0.29, 0.717) is 24.2 Å². The molecule has 0 amide bonds. The first-order valence-electron chi connectivity index (χ1n) is 13.0. The summed E-state index contributed by atoms with van der Waals surface area (Å²) in [4.78, 5) is 1.87. The number of sulfonamides is 1. The molecule has 208 valence electrons. The fourth-order valence-electron chi connectivity index (χ4n) is 5.62. The van der Waals surface area contributed by atoms with Crippen LogP contribution in [0.1, 0.15) is 18.4 Å². The molecule has 3 aromatic carbocycles. The fraction of sp³-hybridized carbons (Fsp3) is 0.379. The maximum Gasteiger partial charge on any atom is 0.244 e. The van der Waals surface area contributed by atoms with Crippen molar-refractivity contribution in [1.29, 1.82) is 0 Å². The monoisotopic (exact) mass is 556 g/mol. The van der Waals surface area contributed by atoms with Gasteiger partial charge in [0.05, 0.1) is 24.9 Å². The van der Waals surface area contributed by atoms with E-state index in [1.54, 1.807) is 18.2 Å². The summed E-state index contributed by atoms with van der Waals surface area (Å²) in [5.41, 5.74) is 1.02. The Labute approximate surface area is 227 Å². The Balaban J connectivity index is 1.54. The van der Waals surface area contributed by atoms with Crippen LogP contribution < -0.4 is 9.46 Å². The highest BCUT2D eigenvalue weighted by atomic mass is 32.2. The van der Waals surface area contributed by atoms with Gasteiger partial charge in [0, 0.05) is 37.2 Å². The molecule has 4 atom stereocenters. The number of aliphatic hydroxyl groups excluding tert-OH is 3. The number of rotatable bonds is 3. The van der Waals surface area contributed by atoms with Crippen molar-refractivity contribution in [1.82, 2.24) is 9.62 Å². The molecule has 8 nitrogen and oxygen atoms in total. The number of halogens is 1. The molecule has 10 heteroatoms. The van der Waals surface area contributed by atoms with Crippen LogP contribution in [-0.4, -0.2) is 73.2 Å². The van der Waals surface area contributed by atoms with E-state index in [9.17, 15) is 28.1 Å². The number of β-amino-alcohol motifs (C(OH)–C–C–N with tert-alkyl or cyclic N) is 1. The van der Waals surface area contributed by atoms with Crippen LogP contribution in [0.5, 0.6) is 5.75 Å². The van der Waals surface area contributed by atoms with Gasteiger partial charge >= 0.3 is 0 Å². The molecule has 1 fully saturated rings. The second-order valence-corrected chi connectivity index (χ2v) is 12.4. The Morgan fingerprint density at radius 3 is 2.38 bits per heavy atom. The van der Waals surface area contributed by atoms with E-state index < -0.39 is 39.6 Å². The second kappa shape index (κ2) is 11.3. The quantitative estimate of drug-likeness (QED) is 0.392. The predicted octanol–water partition coefficient (Wildman–Crippen LogP) is 2.53. The summed E-state index contributed by atoms with van der Waals surface area (Å²) in [6.07, 6.45) is -2.45. The largest absolute Gasteiger partial charge is 0.492 e. The molecule has 0 aromatic heterocycles. The minimum atomic E-state index is -4.09. The lowest BCUT2D eigenvalue weighted by Crippen LogP contribution is -2.46. The van der Waals surface area contributed by atoms with Crippen LogP contribution in [0.3, 0.4) is 0 Å². The van der Waals surface area contributed by atoms with Crippen LogP contribution in [0.15, 0.2) is 77.7 Å². The number of benzene rings is 3. The second-order valence-electron chi connectivity index (χ2n) is 10.6. The van der Waals surface area contributed by atoms with Gasteiger partial charge < -0.3 is 20.1 Å². The van der Waals surface area contributed by atoms with Gasteiger partial charge in [0.1, 0.15) is 16.5 Å². The van der Waals surface area contributed by atoms with Crippen molar-refractivity contribution in [3.63, 3.8) is 0 Å². The third kappa shape index (κ3) is 6.32. The Bertz CT molecular complexity index is 1390. The zero-order valence-corrected chi connectivity index (χ0v) is 22.2. The smallest absolute Gasteiger partial charge is 0.244 e. The first-order valence-corrected chi connectivity index (χ1v) is 14.4. The van der Waals surface area contributed by atoms with Crippen molar-refractivity contribution in [2.75, 3.05) is 26.2 Å². The number of hydrogen-bond acceptors (Lipinski definition) is 7. The average molecular weight is 557 g/mol. The van der Waals surface area contributed by atoms with Gasteiger partial charge in [-0.05, 0) is 42.2 Å². The van der Waals surface area contributed by atoms with Crippen molar-refractivity contribution in [2.45, 2.75) is 42.6 Å². The minimum absolute atomic E-state index is 0.00570. The molecular formula is C29H33FN2O6S. The maximum atomic E-state index is 14.6. The third-order valence-corrected chi connectivity index (χ3v) is 8.93. The maximum absolute atomic E-state index is 14.6. The van der Waals surface area contributed by atoms with Crippen molar-refractivity contribution in [3.8, 4) is 16.9 Å². The molecule has 39 heavy (non-hydrogen) atoms. The highest BCUT2D eigenvalue weighted by Gasteiger charge is 2.46. The number of fused-ring (bicyclic) bond motifs is 1. The number of aliphatic hydroxyl groups is 3. The first-order chi connectivity index (χ1) is 18.6. The standard InChI is InChI=1S/C29H33FN2O6S/c30-24-9-5-4-8-23(24)21-10-11-28-27(12-21)38-19-29(13-25(34)26(35)14-29)18-32(16-20-6-2-1-3-7-20)17-22(33)15-31-39(28,36)37/h1-12,22,25-26,31,33-35H,13-19H2/t22-,25-,26+,29?/m0/s1. The van der Waals surface area contributed by atoms with E-state index in [4.69, 9.17) is 4.74 Å². The molecule has 0 bridgehead atoms. The molecule has 1 heterocycles. The van der Waals surface area contributed by atoms with E-state index in [-0.39, 0.29) is 43.2 Å². The highest BCUT2D eigenvalue weighted by molar-refractivity contribution is 7.89. The molecule has 1 aliphatic heterocycles. The molecule has 0 saturated heterocycles. The Morgan fingerprint density at radius 2 is 1.67 bits per heavy atom. The Kier molecular flexibility index (Phi) is 8.04. The van der Waals surface area contributed by atoms with Crippen LogP contribution in [0.4, 0.5) is 4.39 Å². The van der Waals surface area contributed by atoms with Crippen LogP contribution >= 0.6 is 0 Å². The summed E-state index contributed by atoms with van der Waals surface area (Å²) >= 11 is 0. The molecule has 1 unspecified atom stereocenters. The lowest BCUT2D eigenvalue weighted by molar-refractivity contribution is 0.0427. The van der Waals surface area contributed by atoms with Gasteiger partial charge in [0.2, 0.25) is 10.0 Å². The van der Waals surface area contributed by atoms with E-state index in [0.717, 1.165) is 5.56 Å². The van der Waals surface area contributed by atoms with Gasteiger partial charge in [0.25, 0.3) is 0 Å². The summed E-state index contributed by atoms with van der Waals surface area (Å²) in [6.45, 7) is 0.825. The molecule has 1 aliphatic carbocycles. The van der Waals surface area contributed by atoms with Gasteiger partial charge in [-0.1, -0.05) is 54.6 Å². The topological polar surface area (TPSA) is 119 Å². The van der Waals surface area contributed by atoms with Crippen LogP contribution in [0, 0.1) is 11.2 Å². The molecule has 1 spiro atoms. The van der Waals surface area contributed by atoms with Gasteiger partial charge in [0.15, 0.2) is 0 Å². The number of nitrogens with zero attached hydrogens (tertiary/aromatic N) is 1. The first kappa shape index (κ1) is 27.7. The van der Waals surface area contributed by atoms with Gasteiger partial charge in [-0.15, -0.1) is 0 Å². The van der Waals surface area contributed by atoms with Gasteiger partial charge in [-0.25, -0.2) is 17.5 Å². The van der Waals surface area contributed by atoms with E-state index >= 15 is 0 Å². The Morgan fingerprint density at radius 1 is 0.974 bits per heavy atom. The molecular weight excluding hydrogens is 523 g/mol. The molecule has 1 saturated carbocycles. The molecule has 0 radical (unpaired) electrons. The lowest BCUT2D eigenvalue weighted by atomic mass is 9.85. The predicted molar refractivity (Wildman–Crippen MR) is 144 cm³/mol. The van der Waals surface area contributed by atoms with Crippen LogP contribution in [-0.2, 0) is 16.6 Å². The fourth-order valence-corrected chi connectivity index (χ4v) is 6.82. The van der Waals surface area contributed by atoms with Crippen molar-refractivity contribution in [3.05, 3.63) is 84.2 Å². The number of ether oxygens (including phenoxy) is 1. The Hall–Kier alpha value is -2.86. The van der Waals surface area contributed by atoms with Crippen molar-refractivity contribution >= 4 is 10.0 Å². The summed E-state index contributed by atoms with van der Waals surface area (Å²) in [6, 6.07) is 20.2. The van der Waals surface area contributed by atoms with Gasteiger partial charge in [-0.2, -0.15) is 0 Å². The van der Waals surface area contributed by atoms with Crippen LogP contribution in [0.25, 0.3) is 11.1 Å². The van der Waals surface area contributed by atoms with Crippen molar-refractivity contribution in [2.24, 2.45) is 5.41 Å². The summed E-state index contributed by atoms with van der Waals surface area (Å²) in [5, 5.41) is 31.9. The van der Waals surface area contributed by atoms with E-state index in [1.807, 2.05) is 35.2 Å². The summed E-state index contributed by atoms with van der Waals surface area (Å²) < 4.78 is 49.8. The third-order valence-electron chi connectivity index (χ3n) is 7.47. The van der Waals surface area contributed by atoms with Crippen LogP contribution in [0.2, 0.25) is 0 Å². The summed E-state index contributed by atoms with van der Waals surface area (Å²) in [5.74, 6) is -0.423. The van der Waals surface area contributed by atoms with Gasteiger partial charge in [-0.3, -0.25) is 4.90 Å². The lowest BCUT2D eigenvalue weighted by Gasteiger charge is -2.37. The SMILES string of the molecule is O=S1(=O)NC[C@H](O)CN(Cc2ccccc2)CC2(COc3cc(-c4ccccc4F)ccc31)C[C@@H](O)[C@@H](O)C2. The molecule has 3 aromatic rings. The number of nitrogens with one attached hydrogen (secondary N) is 1.